The Kier molecular flexibility index (Phi) is 6.72. The van der Waals surface area contributed by atoms with Crippen molar-refractivity contribution in [2.45, 2.75) is 63.9 Å². The molecule has 1 saturated heterocycles. The van der Waals surface area contributed by atoms with Crippen LogP contribution in [0.5, 0.6) is 0 Å². The molecule has 1 aliphatic heterocycles. The lowest BCUT2D eigenvalue weighted by Gasteiger charge is -2.22. The van der Waals surface area contributed by atoms with Gasteiger partial charge in [-0.3, -0.25) is 4.57 Å². The molecule has 0 spiro atoms. The number of rotatable bonds is 5. The van der Waals surface area contributed by atoms with Crippen LogP contribution in [0.1, 0.15) is 33.9 Å². The molecule has 12 nitrogen and oxygen atoms in total. The number of nitrogens with two attached hydrogens (primary N) is 1. The maximum Gasteiger partial charge on any atom is 0.408 e. The van der Waals surface area contributed by atoms with Gasteiger partial charge >= 0.3 is 12.1 Å². The molecular formula is C18H24ClFN6O6. The zero-order valence-electron chi connectivity index (χ0n) is 17.8. The number of nitrogens with zero attached hydrogens (tertiary/aromatic N) is 4. The zero-order chi connectivity index (χ0) is 23.8. The van der Waals surface area contributed by atoms with Gasteiger partial charge in [-0.25, -0.2) is 19.0 Å². The molecule has 1 fully saturated rings. The smallest absolute Gasteiger partial charge is 0.408 e. The van der Waals surface area contributed by atoms with Gasteiger partial charge in [0.05, 0.1) is 6.33 Å². The van der Waals surface area contributed by atoms with Crippen LogP contribution in [0.15, 0.2) is 6.33 Å². The van der Waals surface area contributed by atoms with Gasteiger partial charge < -0.3 is 30.4 Å². The Morgan fingerprint density at radius 1 is 1.44 bits per heavy atom. The van der Waals surface area contributed by atoms with Crippen molar-refractivity contribution in [2.24, 2.45) is 0 Å². The molecule has 32 heavy (non-hydrogen) atoms. The van der Waals surface area contributed by atoms with Crippen LogP contribution < -0.4 is 11.1 Å². The number of esters is 1. The summed E-state index contributed by atoms with van der Waals surface area (Å²) < 4.78 is 31.7. The monoisotopic (exact) mass is 474 g/mol. The van der Waals surface area contributed by atoms with Crippen LogP contribution in [-0.2, 0) is 19.0 Å². The fourth-order valence-electron chi connectivity index (χ4n) is 2.99. The quantitative estimate of drug-likeness (QED) is 0.422. The molecule has 2 aromatic heterocycles. The van der Waals surface area contributed by atoms with Crippen LogP contribution in [0.2, 0.25) is 5.28 Å². The van der Waals surface area contributed by atoms with Gasteiger partial charge in [0.1, 0.15) is 36.0 Å². The number of aliphatic hydroxyl groups is 1. The van der Waals surface area contributed by atoms with E-state index in [1.165, 1.54) is 17.8 Å². The summed E-state index contributed by atoms with van der Waals surface area (Å²) in [6, 6.07) is -1.04. The summed E-state index contributed by atoms with van der Waals surface area (Å²) in [4.78, 5) is 35.7. The van der Waals surface area contributed by atoms with Gasteiger partial charge in [-0.05, 0) is 39.3 Å². The number of anilines is 1. The fraction of sp³-hybridized carbons (Fsp3) is 0.611. The van der Waals surface area contributed by atoms with Crippen molar-refractivity contribution in [3.05, 3.63) is 11.6 Å². The number of halogens is 2. The van der Waals surface area contributed by atoms with Crippen LogP contribution in [-0.4, -0.2) is 73.3 Å². The molecule has 1 aliphatic rings. The van der Waals surface area contributed by atoms with E-state index in [1.807, 2.05) is 0 Å². The third-order valence-corrected chi connectivity index (χ3v) is 4.63. The van der Waals surface area contributed by atoms with Crippen LogP contribution in [0.3, 0.4) is 0 Å². The Hall–Kier alpha value is -2.77. The molecule has 1 amide bonds. The van der Waals surface area contributed by atoms with E-state index in [4.69, 9.17) is 31.5 Å². The maximum atomic E-state index is 14.8. The number of aromatic nitrogens is 4. The lowest BCUT2D eigenvalue weighted by atomic mass is 10.1. The maximum absolute atomic E-state index is 14.8. The van der Waals surface area contributed by atoms with Crippen LogP contribution >= 0.6 is 11.6 Å². The van der Waals surface area contributed by atoms with Crippen molar-refractivity contribution in [1.29, 1.82) is 0 Å². The Morgan fingerprint density at radius 2 is 2.12 bits per heavy atom. The summed E-state index contributed by atoms with van der Waals surface area (Å²) in [5, 5.41) is 12.4. The van der Waals surface area contributed by atoms with Gasteiger partial charge in [0.2, 0.25) is 5.28 Å². The predicted octanol–water partition coefficient (Wildman–Crippen LogP) is 1.11. The third kappa shape index (κ3) is 5.16. The minimum absolute atomic E-state index is 0.00431. The second kappa shape index (κ2) is 9.00. The summed E-state index contributed by atoms with van der Waals surface area (Å²) in [6.07, 6.45) is -5.55. The average molecular weight is 475 g/mol. The van der Waals surface area contributed by atoms with Gasteiger partial charge in [0.25, 0.3) is 0 Å². The van der Waals surface area contributed by atoms with Gasteiger partial charge in [0.15, 0.2) is 23.9 Å². The van der Waals surface area contributed by atoms with E-state index in [1.54, 1.807) is 20.8 Å². The third-order valence-electron chi connectivity index (χ3n) is 4.47. The average Bonchev–Trinajstić information content (AvgIpc) is 3.20. The molecule has 0 aromatic carbocycles. The first-order valence-electron chi connectivity index (χ1n) is 9.66. The fourth-order valence-corrected chi connectivity index (χ4v) is 3.17. The number of hydrogen-bond acceptors (Lipinski definition) is 10. The second-order valence-electron chi connectivity index (χ2n) is 8.20. The van der Waals surface area contributed by atoms with E-state index in [0.29, 0.717) is 0 Å². The van der Waals surface area contributed by atoms with Crippen molar-refractivity contribution in [2.75, 3.05) is 12.3 Å². The number of aliphatic hydroxyl groups excluding tert-OH is 1. The van der Waals surface area contributed by atoms with Crippen LogP contribution in [0.25, 0.3) is 11.2 Å². The molecular weight excluding hydrogens is 451 g/mol. The highest BCUT2D eigenvalue weighted by Crippen LogP contribution is 2.34. The highest BCUT2D eigenvalue weighted by Gasteiger charge is 2.46. The zero-order valence-corrected chi connectivity index (χ0v) is 18.5. The molecule has 4 N–H and O–H groups in total. The molecule has 0 aliphatic carbocycles. The predicted molar refractivity (Wildman–Crippen MR) is 109 cm³/mol. The number of ether oxygens (including phenoxy) is 3. The van der Waals surface area contributed by atoms with Gasteiger partial charge in [-0.1, -0.05) is 0 Å². The lowest BCUT2D eigenvalue weighted by Crippen LogP contribution is -2.43. The Bertz CT molecular complexity index is 1010. The number of carbonyl (C=O) groups is 2. The van der Waals surface area contributed by atoms with Crippen molar-refractivity contribution in [3.8, 4) is 0 Å². The van der Waals surface area contributed by atoms with Crippen LogP contribution in [0.4, 0.5) is 15.0 Å². The minimum Gasteiger partial charge on any atom is -0.461 e. The molecule has 0 radical (unpaired) electrons. The van der Waals surface area contributed by atoms with E-state index in [0.717, 1.165) is 0 Å². The normalized spacial score (nSPS) is 24.3. The first-order valence-corrected chi connectivity index (χ1v) is 10.0. The number of nitrogens with one attached hydrogen (secondary N) is 1. The number of alkyl halides is 1. The van der Waals surface area contributed by atoms with E-state index in [-0.39, 0.29) is 22.3 Å². The van der Waals surface area contributed by atoms with Gasteiger partial charge in [-0.2, -0.15) is 9.97 Å². The molecule has 0 bridgehead atoms. The Labute approximate surface area is 187 Å². The van der Waals surface area contributed by atoms with Crippen molar-refractivity contribution < 1.29 is 33.3 Å². The number of alkyl carbamates (subject to hydrolysis) is 1. The van der Waals surface area contributed by atoms with Crippen molar-refractivity contribution in [1.82, 2.24) is 24.8 Å². The first kappa shape index (κ1) is 23.9. The Balaban J connectivity index is 1.62. The summed E-state index contributed by atoms with van der Waals surface area (Å²) in [7, 11) is 0. The molecule has 5 atom stereocenters. The second-order valence-corrected chi connectivity index (χ2v) is 8.54. The summed E-state index contributed by atoms with van der Waals surface area (Å²) in [5.74, 6) is -0.810. The topological polar surface area (TPSA) is 164 Å². The molecule has 0 saturated carbocycles. The first-order chi connectivity index (χ1) is 14.9. The number of amides is 1. The van der Waals surface area contributed by atoms with E-state index in [2.05, 4.69) is 20.3 Å². The van der Waals surface area contributed by atoms with Crippen LogP contribution in [0, 0.1) is 0 Å². The van der Waals surface area contributed by atoms with Crippen molar-refractivity contribution >= 4 is 40.6 Å². The summed E-state index contributed by atoms with van der Waals surface area (Å²) in [6.45, 7) is 5.97. The Morgan fingerprint density at radius 3 is 2.78 bits per heavy atom. The lowest BCUT2D eigenvalue weighted by molar-refractivity contribution is -0.152. The van der Waals surface area contributed by atoms with Gasteiger partial charge in [-0.15, -0.1) is 0 Å². The van der Waals surface area contributed by atoms with Gasteiger partial charge in [0, 0.05) is 0 Å². The summed E-state index contributed by atoms with van der Waals surface area (Å²) in [5.41, 5.74) is 5.32. The number of carbonyl (C=O) groups excluding carboxylic acids is 2. The molecule has 14 heteroatoms. The largest absolute Gasteiger partial charge is 0.461 e. The number of nitrogen functional groups attached to an aromatic ring is 1. The highest BCUT2D eigenvalue weighted by molar-refractivity contribution is 6.28. The van der Waals surface area contributed by atoms with E-state index >= 15 is 0 Å². The number of hydrogen-bond donors (Lipinski definition) is 3. The SMILES string of the molecule is CC(NC(=O)OC(C)(C)C)C(=O)OC[C@H]1O[C@@H](n2cnc3c(N)nc(Cl)nc32)[C@@H](F)[C@@H]1O. The molecule has 1 unspecified atom stereocenters. The summed E-state index contributed by atoms with van der Waals surface area (Å²) >= 11 is 5.82. The highest BCUT2D eigenvalue weighted by atomic mass is 35.5. The molecule has 2 aromatic rings. The molecule has 3 heterocycles. The number of fused-ring (bicyclic) bond motifs is 1. The minimum atomic E-state index is -1.89. The van der Waals surface area contributed by atoms with E-state index in [9.17, 15) is 19.1 Å². The van der Waals surface area contributed by atoms with Crippen molar-refractivity contribution in [3.63, 3.8) is 0 Å². The molecule has 3 rings (SSSR count). The standard InChI is InChI=1S/C18H24ClFN6O6/c1-7(23-17(29)32-18(2,3)4)15(28)30-5-8-11(27)9(20)14(31-8)26-6-22-10-12(21)24-16(19)25-13(10)26/h6-9,11,14,27H,5H2,1-4H3,(H,23,29)(H2,21,24,25)/t7?,8-,9+,11-,14-/m1/s1. The van der Waals surface area contributed by atoms with E-state index < -0.39 is 54.9 Å². The number of imidazole rings is 1. The molecule has 176 valence electrons.